The van der Waals surface area contributed by atoms with Crippen LogP contribution in [0.4, 0.5) is 0 Å². The maximum absolute atomic E-state index is 10.8. The van der Waals surface area contributed by atoms with Gasteiger partial charge in [-0.3, -0.25) is 4.79 Å². The van der Waals surface area contributed by atoms with Crippen LogP contribution in [-0.2, 0) is 9.53 Å². The van der Waals surface area contributed by atoms with Crippen molar-refractivity contribution in [2.45, 2.75) is 33.6 Å². The minimum atomic E-state index is -0.300. The molecule has 0 saturated carbocycles. The van der Waals surface area contributed by atoms with E-state index in [-0.39, 0.29) is 12.4 Å². The van der Waals surface area contributed by atoms with Gasteiger partial charge in [-0.1, -0.05) is 20.8 Å². The zero-order valence-corrected chi connectivity index (χ0v) is 8.67. The van der Waals surface area contributed by atoms with Crippen LogP contribution >= 0.6 is 0 Å². The Bertz CT molecular complexity index is 166. The molecule has 0 aliphatic rings. The van der Waals surface area contributed by atoms with Gasteiger partial charge in [0.25, 0.3) is 0 Å². The molecule has 0 saturated heterocycles. The average Bonchev–Trinajstić information content (AvgIpc) is 2.04. The Morgan fingerprint density at radius 2 is 2.08 bits per heavy atom. The third kappa shape index (κ3) is 6.31. The van der Waals surface area contributed by atoms with Gasteiger partial charge in [-0.05, 0) is 18.3 Å². The van der Waals surface area contributed by atoms with Crippen molar-refractivity contribution in [3.8, 4) is 0 Å². The first-order valence-corrected chi connectivity index (χ1v) is 4.72. The molecule has 0 radical (unpaired) electrons. The summed E-state index contributed by atoms with van der Waals surface area (Å²) in [6.07, 6.45) is 2.06. The maximum Gasteiger partial charge on any atom is 0.311 e. The Labute approximate surface area is 80.0 Å². The number of carbonyl (C=O) groups excluding carboxylic acids is 1. The van der Waals surface area contributed by atoms with Crippen LogP contribution in [-0.4, -0.2) is 18.8 Å². The summed E-state index contributed by atoms with van der Waals surface area (Å²) in [5, 5.41) is 6.70. The summed E-state index contributed by atoms with van der Waals surface area (Å²) in [7, 11) is 0. The molecule has 0 aliphatic carbocycles. The minimum absolute atomic E-state index is 0.0933. The molecule has 1 atom stereocenters. The molecule has 0 heterocycles. The lowest BCUT2D eigenvalue weighted by Crippen LogP contribution is -2.11. The topological polar surface area (TPSA) is 50.2 Å². The fourth-order valence-electron chi connectivity index (χ4n) is 0.834. The summed E-state index contributed by atoms with van der Waals surface area (Å²) in [5.41, 5.74) is 0. The summed E-state index contributed by atoms with van der Waals surface area (Å²) < 4.78 is 4.91. The predicted octanol–water partition coefficient (Wildman–Crippen LogP) is 2.25. The highest BCUT2D eigenvalue weighted by Gasteiger charge is 2.07. The summed E-state index contributed by atoms with van der Waals surface area (Å²) in [4.78, 5) is 10.8. The third-order valence-corrected chi connectivity index (χ3v) is 2.24. The van der Waals surface area contributed by atoms with Crippen molar-refractivity contribution < 1.29 is 9.53 Å². The fraction of sp³-hybridized carbons (Fsp3) is 0.800. The normalized spacial score (nSPS) is 12.6. The van der Waals surface area contributed by atoms with Gasteiger partial charge < -0.3 is 10.1 Å². The van der Waals surface area contributed by atoms with Gasteiger partial charge in [0.1, 0.15) is 0 Å². The van der Waals surface area contributed by atoms with Crippen molar-refractivity contribution in [1.29, 1.82) is 5.41 Å². The van der Waals surface area contributed by atoms with Crippen LogP contribution in [0.2, 0.25) is 0 Å². The molecule has 0 aromatic heterocycles. The zero-order chi connectivity index (χ0) is 10.3. The second-order valence-corrected chi connectivity index (χ2v) is 3.64. The van der Waals surface area contributed by atoms with E-state index in [4.69, 9.17) is 10.1 Å². The predicted molar refractivity (Wildman–Crippen MR) is 53.0 cm³/mol. The van der Waals surface area contributed by atoms with E-state index in [1.54, 1.807) is 0 Å². The summed E-state index contributed by atoms with van der Waals surface area (Å²) in [6.45, 7) is 6.94. The number of hydrogen-bond acceptors (Lipinski definition) is 3. The van der Waals surface area contributed by atoms with E-state index in [0.717, 1.165) is 12.6 Å². The van der Waals surface area contributed by atoms with Crippen molar-refractivity contribution in [3.05, 3.63) is 0 Å². The van der Waals surface area contributed by atoms with E-state index in [0.29, 0.717) is 18.4 Å². The lowest BCUT2D eigenvalue weighted by Gasteiger charge is -2.14. The molecule has 0 bridgehead atoms. The van der Waals surface area contributed by atoms with E-state index in [2.05, 4.69) is 20.8 Å². The van der Waals surface area contributed by atoms with Gasteiger partial charge in [-0.25, -0.2) is 0 Å². The number of ether oxygens (including phenoxy) is 1. The summed E-state index contributed by atoms with van der Waals surface area (Å²) >= 11 is 0. The van der Waals surface area contributed by atoms with Gasteiger partial charge >= 0.3 is 5.97 Å². The van der Waals surface area contributed by atoms with E-state index >= 15 is 0 Å². The summed E-state index contributed by atoms with van der Waals surface area (Å²) in [6, 6.07) is 0. The Morgan fingerprint density at radius 1 is 1.46 bits per heavy atom. The molecule has 0 aromatic rings. The van der Waals surface area contributed by atoms with Crippen LogP contribution in [0.5, 0.6) is 0 Å². The number of rotatable bonds is 6. The molecule has 0 aromatic carbocycles. The second-order valence-electron chi connectivity index (χ2n) is 3.64. The van der Waals surface area contributed by atoms with Gasteiger partial charge in [0.05, 0.1) is 13.0 Å². The van der Waals surface area contributed by atoms with Crippen molar-refractivity contribution in [1.82, 2.24) is 0 Å². The molecule has 0 spiro atoms. The van der Waals surface area contributed by atoms with E-state index in [9.17, 15) is 4.79 Å². The number of esters is 1. The smallest absolute Gasteiger partial charge is 0.311 e. The minimum Gasteiger partial charge on any atom is -0.465 e. The molecule has 1 N–H and O–H groups in total. The Kier molecular flexibility index (Phi) is 6.20. The van der Waals surface area contributed by atoms with E-state index in [1.165, 1.54) is 0 Å². The van der Waals surface area contributed by atoms with E-state index in [1.807, 2.05) is 0 Å². The average molecular weight is 185 g/mol. The molecule has 0 aliphatic heterocycles. The van der Waals surface area contributed by atoms with Crippen molar-refractivity contribution in [2.24, 2.45) is 11.8 Å². The van der Waals surface area contributed by atoms with Crippen LogP contribution in [0.3, 0.4) is 0 Å². The highest BCUT2D eigenvalue weighted by Crippen LogP contribution is 2.13. The molecule has 1 unspecified atom stereocenters. The molecule has 0 rings (SSSR count). The van der Waals surface area contributed by atoms with Crippen molar-refractivity contribution in [2.75, 3.05) is 6.61 Å². The van der Waals surface area contributed by atoms with Crippen LogP contribution in [0, 0.1) is 17.2 Å². The Morgan fingerprint density at radius 3 is 2.54 bits per heavy atom. The molecule has 3 heteroatoms. The standard InChI is InChI=1S/C10H19NO2/c1-8(2)9(3)5-7-13-10(12)4-6-11/h6,8-9,11H,4-5,7H2,1-3H3. The molecule has 0 fully saturated rings. The molecule has 3 nitrogen and oxygen atoms in total. The molecular weight excluding hydrogens is 166 g/mol. The number of hydrogen-bond donors (Lipinski definition) is 1. The Hall–Kier alpha value is -0.860. The molecule has 0 amide bonds. The third-order valence-electron chi connectivity index (χ3n) is 2.24. The monoisotopic (exact) mass is 185 g/mol. The first-order chi connectivity index (χ1) is 6.07. The SMILES string of the molecule is CC(C)C(C)CCOC(=O)CC=N. The first kappa shape index (κ1) is 12.1. The van der Waals surface area contributed by atoms with Gasteiger partial charge in [-0.2, -0.15) is 0 Å². The first-order valence-electron chi connectivity index (χ1n) is 4.72. The molecular formula is C10H19NO2. The Balaban J connectivity index is 3.44. The zero-order valence-electron chi connectivity index (χ0n) is 8.67. The van der Waals surface area contributed by atoms with Gasteiger partial charge in [0.15, 0.2) is 0 Å². The highest BCUT2D eigenvalue weighted by molar-refractivity contribution is 5.84. The van der Waals surface area contributed by atoms with Crippen molar-refractivity contribution >= 4 is 12.2 Å². The molecule has 13 heavy (non-hydrogen) atoms. The highest BCUT2D eigenvalue weighted by atomic mass is 16.5. The van der Waals surface area contributed by atoms with Crippen LogP contribution in [0.15, 0.2) is 0 Å². The second kappa shape index (κ2) is 6.63. The van der Waals surface area contributed by atoms with Crippen molar-refractivity contribution in [3.63, 3.8) is 0 Å². The van der Waals surface area contributed by atoms with Gasteiger partial charge in [0, 0.05) is 6.21 Å². The van der Waals surface area contributed by atoms with Gasteiger partial charge in [0.2, 0.25) is 0 Å². The van der Waals surface area contributed by atoms with Crippen LogP contribution in [0.1, 0.15) is 33.6 Å². The van der Waals surface area contributed by atoms with E-state index < -0.39 is 0 Å². The van der Waals surface area contributed by atoms with Gasteiger partial charge in [-0.15, -0.1) is 0 Å². The number of nitrogens with one attached hydrogen (secondary N) is 1. The molecule has 76 valence electrons. The largest absolute Gasteiger partial charge is 0.465 e. The lowest BCUT2D eigenvalue weighted by molar-refractivity contribution is -0.142. The maximum atomic E-state index is 10.8. The lowest BCUT2D eigenvalue weighted by atomic mass is 9.95. The number of carbonyl (C=O) groups is 1. The fourth-order valence-corrected chi connectivity index (χ4v) is 0.834. The van der Waals surface area contributed by atoms with Crippen LogP contribution in [0.25, 0.3) is 0 Å². The van der Waals surface area contributed by atoms with Crippen LogP contribution < -0.4 is 0 Å². The summed E-state index contributed by atoms with van der Waals surface area (Å²) in [5.74, 6) is 0.903. The quantitative estimate of drug-likeness (QED) is 0.509.